The van der Waals surface area contributed by atoms with E-state index >= 15 is 0 Å². The van der Waals surface area contributed by atoms with Crippen molar-refractivity contribution in [3.8, 4) is 5.75 Å². The maximum Gasteiger partial charge on any atom is 0.415 e. The molecule has 0 N–H and O–H groups in total. The zero-order valence-corrected chi connectivity index (χ0v) is 22.5. The second kappa shape index (κ2) is 11.1. The highest BCUT2D eigenvalue weighted by molar-refractivity contribution is 7.99. The first kappa shape index (κ1) is 26.3. The number of carbonyl (C=O) groups excluding carboxylic acids is 2. The molecule has 0 saturated heterocycles. The molecule has 1 amide bonds. The van der Waals surface area contributed by atoms with Gasteiger partial charge in [-0.15, -0.1) is 0 Å². The van der Waals surface area contributed by atoms with Crippen LogP contribution >= 0.6 is 11.8 Å². The molecule has 0 atom stereocenters. The molecule has 1 aliphatic rings. The summed E-state index contributed by atoms with van der Waals surface area (Å²) in [5.41, 5.74) is 2.25. The van der Waals surface area contributed by atoms with Crippen molar-refractivity contribution in [2.24, 2.45) is 12.1 Å². The number of hydrogen-bond donors (Lipinski definition) is 0. The van der Waals surface area contributed by atoms with E-state index in [9.17, 15) is 9.59 Å². The lowest BCUT2D eigenvalue weighted by Gasteiger charge is -2.31. The summed E-state index contributed by atoms with van der Waals surface area (Å²) < 4.78 is 13.1. The second-order valence-electron chi connectivity index (χ2n) is 9.66. The first-order valence-electron chi connectivity index (χ1n) is 11.9. The minimum Gasteiger partial charge on any atom is -0.490 e. The molecule has 0 unspecified atom stereocenters. The van der Waals surface area contributed by atoms with Gasteiger partial charge in [0.05, 0.1) is 30.7 Å². The van der Waals surface area contributed by atoms with E-state index in [-0.39, 0.29) is 0 Å². The fraction of sp³-hybridized carbons (Fsp3) is 0.333. The Bertz CT molecular complexity index is 1310. The molecule has 194 valence electrons. The molecule has 0 fully saturated rings. The van der Waals surface area contributed by atoms with Gasteiger partial charge in [0, 0.05) is 41.2 Å². The highest BCUT2D eigenvalue weighted by Crippen LogP contribution is 2.38. The highest BCUT2D eigenvalue weighted by Gasteiger charge is 2.28. The molecule has 4 rings (SSSR count). The normalized spacial score (nSPS) is 13.3. The minimum absolute atomic E-state index is 0.400. The molecule has 9 nitrogen and oxygen atoms in total. The minimum atomic E-state index is -0.591. The molecule has 1 aromatic heterocycles. The van der Waals surface area contributed by atoms with Crippen LogP contribution in [0.1, 0.15) is 42.4 Å². The Hall–Kier alpha value is -3.79. The van der Waals surface area contributed by atoms with E-state index in [1.807, 2.05) is 77.5 Å². The molecule has 2 heterocycles. The van der Waals surface area contributed by atoms with Gasteiger partial charge in [0.15, 0.2) is 6.29 Å². The van der Waals surface area contributed by atoms with Crippen LogP contribution in [0, 0.1) is 0 Å². The van der Waals surface area contributed by atoms with E-state index in [0.29, 0.717) is 42.3 Å². The Morgan fingerprint density at radius 1 is 1.19 bits per heavy atom. The van der Waals surface area contributed by atoms with Gasteiger partial charge in [-0.3, -0.25) is 19.4 Å². The molecule has 0 bridgehead atoms. The third-order valence-electron chi connectivity index (χ3n) is 5.38. The van der Waals surface area contributed by atoms with Crippen molar-refractivity contribution in [3.05, 3.63) is 65.5 Å². The number of nitrogens with zero attached hydrogens (tertiary/aromatic N) is 5. The predicted molar refractivity (Wildman–Crippen MR) is 144 cm³/mol. The van der Waals surface area contributed by atoms with E-state index in [2.05, 4.69) is 10.2 Å². The first-order valence-corrected chi connectivity index (χ1v) is 12.7. The molecule has 2 aromatic carbocycles. The van der Waals surface area contributed by atoms with Crippen molar-refractivity contribution >= 4 is 36.0 Å². The summed E-state index contributed by atoms with van der Waals surface area (Å²) >= 11 is 1.52. The van der Waals surface area contributed by atoms with Crippen molar-refractivity contribution in [1.82, 2.24) is 14.8 Å². The fourth-order valence-corrected chi connectivity index (χ4v) is 4.62. The molecule has 0 radical (unpaired) electrons. The quantitative estimate of drug-likeness (QED) is 0.246. The summed E-state index contributed by atoms with van der Waals surface area (Å²) in [5, 5.41) is 10.6. The monoisotopic (exact) mass is 521 g/mol. The number of benzene rings is 2. The number of anilines is 1. The van der Waals surface area contributed by atoms with Crippen LogP contribution in [0.25, 0.3) is 0 Å². The lowest BCUT2D eigenvalue weighted by molar-refractivity contribution is 0.0567. The third kappa shape index (κ3) is 6.91. The average Bonchev–Trinajstić information content (AvgIpc) is 3.25. The number of hydrogen-bond acceptors (Lipinski definition) is 8. The molecule has 37 heavy (non-hydrogen) atoms. The Labute approximate surface area is 221 Å². The SMILES string of the molecule is CN(Cc1ccn(C)n1)/N=C\c1cc(Sc2ccc3c(c2)N(C(=O)OC(C)(C)C)CCO3)ccc1C=O. The number of carbonyl (C=O) groups is 2. The van der Waals surface area contributed by atoms with E-state index in [4.69, 9.17) is 9.47 Å². The number of amides is 1. The van der Waals surface area contributed by atoms with Crippen molar-refractivity contribution in [1.29, 1.82) is 0 Å². The predicted octanol–water partition coefficient (Wildman–Crippen LogP) is 4.98. The van der Waals surface area contributed by atoms with Crippen molar-refractivity contribution in [3.63, 3.8) is 0 Å². The molecule has 3 aromatic rings. The molecule has 0 aliphatic carbocycles. The van der Waals surface area contributed by atoms with Crippen LogP contribution < -0.4 is 9.64 Å². The summed E-state index contributed by atoms with van der Waals surface area (Å²) in [6.45, 7) is 6.91. The largest absolute Gasteiger partial charge is 0.490 e. The van der Waals surface area contributed by atoms with Crippen LogP contribution in [0.2, 0.25) is 0 Å². The van der Waals surface area contributed by atoms with Gasteiger partial charge in [0.25, 0.3) is 0 Å². The zero-order valence-electron chi connectivity index (χ0n) is 21.7. The summed E-state index contributed by atoms with van der Waals surface area (Å²) in [6, 6.07) is 13.3. The summed E-state index contributed by atoms with van der Waals surface area (Å²) in [4.78, 5) is 27.9. The molecule has 0 saturated carbocycles. The standard InChI is InChI=1S/C27H31N5O4S/c1-27(2,3)36-26(34)32-12-13-35-25-9-8-23(15-24(25)32)37-22-7-6-19(18-33)20(14-22)16-28-31(5)17-21-10-11-30(4)29-21/h6-11,14-16,18H,12-13,17H2,1-5H3/b28-16-. The van der Waals surface area contributed by atoms with Gasteiger partial charge in [-0.2, -0.15) is 10.2 Å². The smallest absolute Gasteiger partial charge is 0.415 e. The summed E-state index contributed by atoms with van der Waals surface area (Å²) in [7, 11) is 3.73. The van der Waals surface area contributed by atoms with Crippen LogP contribution in [0.3, 0.4) is 0 Å². The Kier molecular flexibility index (Phi) is 7.87. The van der Waals surface area contributed by atoms with Crippen LogP contribution in [0.5, 0.6) is 5.75 Å². The van der Waals surface area contributed by atoms with Gasteiger partial charge >= 0.3 is 6.09 Å². The Morgan fingerprint density at radius 2 is 1.95 bits per heavy atom. The number of aryl methyl sites for hydroxylation is 1. The topological polar surface area (TPSA) is 89.3 Å². The maximum atomic E-state index is 12.8. The van der Waals surface area contributed by atoms with Gasteiger partial charge < -0.3 is 9.47 Å². The van der Waals surface area contributed by atoms with E-state index in [0.717, 1.165) is 21.8 Å². The number of aromatic nitrogens is 2. The third-order valence-corrected chi connectivity index (χ3v) is 6.36. The molecule has 0 spiro atoms. The van der Waals surface area contributed by atoms with Crippen molar-refractivity contribution in [2.45, 2.75) is 42.7 Å². The van der Waals surface area contributed by atoms with E-state index < -0.39 is 11.7 Å². The van der Waals surface area contributed by atoms with E-state index in [1.54, 1.807) is 26.9 Å². The number of rotatable bonds is 7. The van der Waals surface area contributed by atoms with Gasteiger partial charge in [-0.25, -0.2) is 4.79 Å². The number of hydrazone groups is 1. The number of ether oxygens (including phenoxy) is 2. The number of fused-ring (bicyclic) bond motifs is 1. The van der Waals surface area contributed by atoms with Gasteiger partial charge in [-0.05, 0) is 63.2 Å². The average molecular weight is 522 g/mol. The lowest BCUT2D eigenvalue weighted by Crippen LogP contribution is -2.41. The van der Waals surface area contributed by atoms with Gasteiger partial charge in [0.2, 0.25) is 0 Å². The van der Waals surface area contributed by atoms with Gasteiger partial charge in [-0.1, -0.05) is 11.8 Å². The molecular weight excluding hydrogens is 490 g/mol. The van der Waals surface area contributed by atoms with Crippen LogP contribution in [-0.2, 0) is 18.3 Å². The Balaban J connectivity index is 1.52. The van der Waals surface area contributed by atoms with Crippen molar-refractivity contribution < 1.29 is 19.1 Å². The van der Waals surface area contributed by atoms with Crippen molar-refractivity contribution in [2.75, 3.05) is 25.1 Å². The fourth-order valence-electron chi connectivity index (χ4n) is 3.72. The van der Waals surface area contributed by atoms with Gasteiger partial charge in [0.1, 0.15) is 18.0 Å². The summed E-state index contributed by atoms with van der Waals surface area (Å²) in [5.74, 6) is 0.640. The second-order valence-corrected chi connectivity index (χ2v) is 10.8. The van der Waals surface area contributed by atoms with Crippen LogP contribution in [-0.4, -0.2) is 59.2 Å². The van der Waals surface area contributed by atoms with E-state index in [1.165, 1.54) is 11.8 Å². The molecular formula is C27H31N5O4S. The maximum absolute atomic E-state index is 12.8. The van der Waals surface area contributed by atoms with Crippen LogP contribution in [0.15, 0.2) is 63.6 Å². The highest BCUT2D eigenvalue weighted by atomic mass is 32.2. The summed E-state index contributed by atoms with van der Waals surface area (Å²) in [6.07, 6.45) is 3.99. The number of aldehydes is 1. The molecule has 10 heteroatoms. The zero-order chi connectivity index (χ0) is 26.6. The lowest BCUT2D eigenvalue weighted by atomic mass is 10.1. The Morgan fingerprint density at radius 3 is 2.65 bits per heavy atom. The molecule has 1 aliphatic heterocycles. The van der Waals surface area contributed by atoms with Crippen LogP contribution in [0.4, 0.5) is 10.5 Å². The first-order chi connectivity index (χ1) is 17.6.